The van der Waals surface area contributed by atoms with E-state index in [2.05, 4.69) is 64.2 Å². The Morgan fingerprint density at radius 3 is 2.58 bits per heavy atom. The third-order valence-electron chi connectivity index (χ3n) is 6.28. The van der Waals surface area contributed by atoms with Crippen molar-refractivity contribution in [3.63, 3.8) is 0 Å². The Kier molecular flexibility index (Phi) is 4.94. The second-order valence-corrected chi connectivity index (χ2v) is 8.30. The number of piperidine rings is 2. The van der Waals surface area contributed by atoms with Gasteiger partial charge in [-0.3, -0.25) is 4.90 Å². The van der Waals surface area contributed by atoms with Crippen LogP contribution in [-0.4, -0.2) is 41.3 Å². The number of nitrogens with zero attached hydrogens (tertiary/aromatic N) is 4. The highest BCUT2D eigenvalue weighted by Crippen LogP contribution is 2.40. The molecule has 4 heteroatoms. The van der Waals surface area contributed by atoms with Crippen molar-refractivity contribution < 1.29 is 0 Å². The van der Waals surface area contributed by atoms with Crippen molar-refractivity contribution >= 4 is 5.82 Å². The molecular formula is C22H30N4. The van der Waals surface area contributed by atoms with Crippen LogP contribution >= 0.6 is 0 Å². The van der Waals surface area contributed by atoms with Crippen molar-refractivity contribution in [1.29, 1.82) is 0 Å². The fourth-order valence-corrected chi connectivity index (χ4v) is 4.83. The topological polar surface area (TPSA) is 32.3 Å². The predicted octanol–water partition coefficient (Wildman–Crippen LogP) is 3.98. The molecule has 2 saturated heterocycles. The van der Waals surface area contributed by atoms with Crippen molar-refractivity contribution in [2.75, 3.05) is 31.1 Å². The van der Waals surface area contributed by atoms with Gasteiger partial charge in [0.05, 0.1) is 6.20 Å². The van der Waals surface area contributed by atoms with Crippen LogP contribution in [0.15, 0.2) is 36.5 Å². The maximum atomic E-state index is 4.49. The van der Waals surface area contributed by atoms with Gasteiger partial charge in [-0.2, -0.15) is 5.10 Å². The van der Waals surface area contributed by atoms with Gasteiger partial charge in [0.1, 0.15) is 0 Å². The summed E-state index contributed by atoms with van der Waals surface area (Å²) in [5.41, 5.74) is 4.36. The molecule has 0 amide bonds. The number of aryl methyl sites for hydroxylation is 1. The summed E-state index contributed by atoms with van der Waals surface area (Å²) >= 11 is 0. The number of benzene rings is 1. The largest absolute Gasteiger partial charge is 0.354 e. The van der Waals surface area contributed by atoms with E-state index < -0.39 is 0 Å². The van der Waals surface area contributed by atoms with E-state index in [-0.39, 0.29) is 0 Å². The molecular weight excluding hydrogens is 320 g/mol. The van der Waals surface area contributed by atoms with Crippen molar-refractivity contribution in [3.05, 3.63) is 53.2 Å². The number of anilines is 1. The minimum Gasteiger partial charge on any atom is -0.354 e. The number of hydrogen-bond donors (Lipinski definition) is 0. The summed E-state index contributed by atoms with van der Waals surface area (Å²) in [5.74, 6) is 1.10. The molecule has 26 heavy (non-hydrogen) atoms. The minimum atomic E-state index is 0.406. The Morgan fingerprint density at radius 1 is 1.00 bits per heavy atom. The average molecular weight is 351 g/mol. The van der Waals surface area contributed by atoms with Gasteiger partial charge in [0.25, 0.3) is 0 Å². The van der Waals surface area contributed by atoms with Crippen LogP contribution in [-0.2, 0) is 6.54 Å². The highest BCUT2D eigenvalue weighted by molar-refractivity contribution is 5.48. The molecule has 138 valence electrons. The van der Waals surface area contributed by atoms with Gasteiger partial charge >= 0.3 is 0 Å². The van der Waals surface area contributed by atoms with Crippen molar-refractivity contribution in [2.24, 2.45) is 5.41 Å². The van der Waals surface area contributed by atoms with Crippen molar-refractivity contribution in [1.82, 2.24) is 15.1 Å². The van der Waals surface area contributed by atoms with Gasteiger partial charge in [-0.05, 0) is 62.8 Å². The van der Waals surface area contributed by atoms with Gasteiger partial charge in [-0.25, -0.2) is 0 Å². The fraction of sp³-hybridized carbons (Fsp3) is 0.545. The third-order valence-corrected chi connectivity index (χ3v) is 6.28. The summed E-state index contributed by atoms with van der Waals surface area (Å²) in [6.07, 6.45) is 7.12. The average Bonchev–Trinajstić information content (AvgIpc) is 2.65. The summed E-state index contributed by atoms with van der Waals surface area (Å²) < 4.78 is 0. The number of hydrogen-bond acceptors (Lipinski definition) is 4. The van der Waals surface area contributed by atoms with Crippen LogP contribution in [0.25, 0.3) is 0 Å². The highest BCUT2D eigenvalue weighted by atomic mass is 15.3. The Hall–Kier alpha value is -1.94. The molecule has 2 aliphatic heterocycles. The summed E-state index contributed by atoms with van der Waals surface area (Å²) in [6.45, 7) is 10.1. The van der Waals surface area contributed by atoms with Gasteiger partial charge in [0, 0.05) is 31.6 Å². The molecule has 2 aliphatic rings. The quantitative estimate of drug-likeness (QED) is 0.838. The lowest BCUT2D eigenvalue weighted by molar-refractivity contribution is 0.0682. The van der Waals surface area contributed by atoms with E-state index in [9.17, 15) is 0 Å². The number of aromatic nitrogens is 2. The smallest absolute Gasteiger partial charge is 0.154 e. The standard InChI is InChI=1S/C22H30N4/c1-18-14-23-24-21(19(18)2)26-13-7-11-22(17-26)10-6-12-25(16-22)15-20-8-4-3-5-9-20/h3-5,8-9,14H,6-7,10-13,15-17H2,1-2H3. The van der Waals surface area contributed by atoms with Crippen LogP contribution in [0.4, 0.5) is 5.82 Å². The molecule has 1 unspecified atom stereocenters. The second-order valence-electron chi connectivity index (χ2n) is 8.30. The Labute approximate surface area is 157 Å². The van der Waals surface area contributed by atoms with E-state index in [0.717, 1.165) is 25.5 Å². The van der Waals surface area contributed by atoms with E-state index >= 15 is 0 Å². The highest BCUT2D eigenvalue weighted by Gasteiger charge is 2.39. The van der Waals surface area contributed by atoms with Crippen LogP contribution in [0.3, 0.4) is 0 Å². The lowest BCUT2D eigenvalue weighted by atomic mass is 9.73. The van der Waals surface area contributed by atoms with E-state index in [1.54, 1.807) is 0 Å². The molecule has 2 aromatic rings. The van der Waals surface area contributed by atoms with Gasteiger partial charge in [0.2, 0.25) is 0 Å². The Morgan fingerprint density at radius 2 is 1.77 bits per heavy atom. The van der Waals surface area contributed by atoms with Crippen molar-refractivity contribution in [2.45, 2.75) is 46.1 Å². The zero-order chi connectivity index (χ0) is 18.0. The molecule has 3 heterocycles. The van der Waals surface area contributed by atoms with Crippen LogP contribution in [0.1, 0.15) is 42.4 Å². The predicted molar refractivity (Wildman–Crippen MR) is 106 cm³/mol. The molecule has 0 saturated carbocycles. The van der Waals surface area contributed by atoms with Gasteiger partial charge in [-0.1, -0.05) is 30.3 Å². The molecule has 1 aromatic heterocycles. The summed E-state index contributed by atoms with van der Waals surface area (Å²) in [4.78, 5) is 5.17. The molecule has 0 bridgehead atoms. The maximum absolute atomic E-state index is 4.49. The van der Waals surface area contributed by atoms with E-state index in [4.69, 9.17) is 0 Å². The van der Waals surface area contributed by atoms with Gasteiger partial charge in [-0.15, -0.1) is 5.10 Å². The lowest BCUT2D eigenvalue weighted by Crippen LogP contribution is -2.52. The summed E-state index contributed by atoms with van der Waals surface area (Å²) in [7, 11) is 0. The van der Waals surface area contributed by atoms with Gasteiger partial charge in [0.15, 0.2) is 5.82 Å². The Balaban J connectivity index is 1.49. The number of rotatable bonds is 3. The SMILES string of the molecule is Cc1cnnc(N2CCCC3(CCCN(Cc4ccccc4)C3)C2)c1C. The second kappa shape index (κ2) is 7.36. The van der Waals surface area contributed by atoms with E-state index in [1.807, 2.05) is 6.20 Å². The molecule has 0 aliphatic carbocycles. The first-order valence-electron chi connectivity index (χ1n) is 9.95. The zero-order valence-corrected chi connectivity index (χ0v) is 16.1. The molecule has 2 fully saturated rings. The van der Waals surface area contributed by atoms with Crippen LogP contribution in [0, 0.1) is 19.3 Å². The number of likely N-dealkylation sites (tertiary alicyclic amines) is 1. The first-order chi connectivity index (χ1) is 12.7. The Bertz CT molecular complexity index is 741. The molecule has 1 atom stereocenters. The zero-order valence-electron chi connectivity index (χ0n) is 16.1. The van der Waals surface area contributed by atoms with E-state index in [1.165, 1.54) is 55.5 Å². The van der Waals surface area contributed by atoms with Crippen LogP contribution in [0.2, 0.25) is 0 Å². The van der Waals surface area contributed by atoms with E-state index in [0.29, 0.717) is 5.41 Å². The lowest BCUT2D eigenvalue weighted by Gasteiger charge is -2.49. The molecule has 1 aromatic carbocycles. The summed E-state index contributed by atoms with van der Waals surface area (Å²) in [5, 5.41) is 8.71. The molecule has 1 spiro atoms. The molecule has 4 rings (SSSR count). The summed E-state index contributed by atoms with van der Waals surface area (Å²) in [6, 6.07) is 10.9. The normalized spacial score (nSPS) is 24.2. The van der Waals surface area contributed by atoms with Crippen LogP contribution in [0.5, 0.6) is 0 Å². The first-order valence-corrected chi connectivity index (χ1v) is 9.95. The fourth-order valence-electron chi connectivity index (χ4n) is 4.83. The minimum absolute atomic E-state index is 0.406. The van der Waals surface area contributed by atoms with Gasteiger partial charge < -0.3 is 4.90 Å². The monoisotopic (exact) mass is 350 g/mol. The molecule has 0 radical (unpaired) electrons. The molecule has 0 N–H and O–H groups in total. The third kappa shape index (κ3) is 3.61. The van der Waals surface area contributed by atoms with Crippen molar-refractivity contribution in [3.8, 4) is 0 Å². The van der Waals surface area contributed by atoms with Crippen LogP contribution < -0.4 is 4.90 Å². The maximum Gasteiger partial charge on any atom is 0.154 e. The molecule has 4 nitrogen and oxygen atoms in total. The first kappa shape index (κ1) is 17.5.